The minimum atomic E-state index is -2.09. The Labute approximate surface area is 186 Å². The first-order chi connectivity index (χ1) is 14.6. The van der Waals surface area contributed by atoms with Crippen LogP contribution in [0.2, 0.25) is 0 Å². The summed E-state index contributed by atoms with van der Waals surface area (Å²) < 4.78 is 6.14. The van der Waals surface area contributed by atoms with Crippen LogP contribution in [0, 0.1) is 0 Å². The lowest BCUT2D eigenvalue weighted by Crippen LogP contribution is -2.32. The number of ether oxygens (including phenoxy) is 1. The van der Waals surface area contributed by atoms with Crippen LogP contribution in [0.15, 0.2) is 108 Å². The molecule has 0 aliphatic heterocycles. The van der Waals surface area contributed by atoms with Gasteiger partial charge in [-0.15, -0.1) is 0 Å². The largest absolute Gasteiger partial charge is 0.506 e. The van der Waals surface area contributed by atoms with E-state index in [4.69, 9.17) is 4.74 Å². The first-order valence-electron chi connectivity index (χ1n) is 9.75. The van der Waals surface area contributed by atoms with Crippen molar-refractivity contribution in [3.8, 4) is 11.5 Å². The lowest BCUT2D eigenvalue weighted by Gasteiger charge is -2.28. The summed E-state index contributed by atoms with van der Waals surface area (Å²) in [6, 6.07) is 35.7. The van der Waals surface area contributed by atoms with Crippen LogP contribution in [0.25, 0.3) is 0 Å². The van der Waals surface area contributed by atoms with Crippen molar-refractivity contribution in [1.29, 1.82) is 0 Å². The third-order valence-electron chi connectivity index (χ3n) is 5.35. The molecule has 4 rings (SSSR count). The van der Waals surface area contributed by atoms with Crippen molar-refractivity contribution in [3.63, 3.8) is 0 Å². The highest BCUT2D eigenvalue weighted by Crippen LogP contribution is 2.59. The average molecular weight is 478 g/mol. The minimum absolute atomic E-state index is 0.267. The maximum Gasteiger partial charge on any atom is 0.136 e. The second-order valence-electron chi connectivity index (χ2n) is 7.09. The Bertz CT molecular complexity index is 1020. The van der Waals surface area contributed by atoms with Crippen molar-refractivity contribution in [1.82, 2.24) is 0 Å². The molecule has 0 saturated carbocycles. The van der Waals surface area contributed by atoms with Crippen LogP contribution in [-0.2, 0) is 6.16 Å². The van der Waals surface area contributed by atoms with Crippen LogP contribution in [0.3, 0.4) is 0 Å². The molecule has 2 nitrogen and oxygen atoms in total. The number of hydrogen-bond donors (Lipinski definition) is 1. The van der Waals surface area contributed by atoms with Gasteiger partial charge < -0.3 is 9.84 Å². The minimum Gasteiger partial charge on any atom is -0.506 e. The van der Waals surface area contributed by atoms with Crippen LogP contribution in [0.4, 0.5) is 0 Å². The summed E-state index contributed by atoms with van der Waals surface area (Å²) in [7, 11) is -0.439. The maximum absolute atomic E-state index is 10.9. The summed E-state index contributed by atoms with van der Waals surface area (Å²) in [5.41, 5.74) is 0.867. The quantitative estimate of drug-likeness (QED) is 0.363. The highest BCUT2D eigenvalue weighted by atomic mass is 79.9. The lowest BCUT2D eigenvalue weighted by molar-refractivity contribution is 0.410. The van der Waals surface area contributed by atoms with E-state index in [2.05, 4.69) is 88.7 Å². The summed E-state index contributed by atoms with van der Waals surface area (Å²) in [5.74, 6) is 0.991. The molecule has 0 radical (unpaired) electrons. The van der Waals surface area contributed by atoms with Gasteiger partial charge in [-0.3, -0.25) is 0 Å². The number of methoxy groups -OCH3 is 1. The van der Waals surface area contributed by atoms with Gasteiger partial charge in [0.1, 0.15) is 40.8 Å². The Morgan fingerprint density at radius 3 is 1.57 bits per heavy atom. The normalized spacial score (nSPS) is 11.3. The first kappa shape index (κ1) is 20.7. The van der Waals surface area contributed by atoms with Gasteiger partial charge in [0.2, 0.25) is 0 Å². The number of phenols is 1. The molecule has 0 heterocycles. The number of hydrogen-bond acceptors (Lipinski definition) is 2. The summed E-state index contributed by atoms with van der Waals surface area (Å²) >= 11 is 3.50. The molecule has 0 spiro atoms. The second-order valence-corrected chi connectivity index (χ2v) is 11.4. The Morgan fingerprint density at radius 1 is 0.733 bits per heavy atom. The molecule has 0 atom stereocenters. The van der Waals surface area contributed by atoms with Gasteiger partial charge in [-0.2, -0.15) is 0 Å². The molecule has 4 aromatic carbocycles. The first-order valence-corrected chi connectivity index (χ1v) is 12.5. The monoisotopic (exact) mass is 477 g/mol. The van der Waals surface area contributed by atoms with Crippen LogP contribution in [0.5, 0.6) is 11.5 Å². The van der Waals surface area contributed by atoms with Crippen molar-refractivity contribution in [2.45, 2.75) is 6.16 Å². The third kappa shape index (κ3) is 3.88. The Kier molecular flexibility index (Phi) is 6.22. The topological polar surface area (TPSA) is 29.5 Å². The van der Waals surface area contributed by atoms with Crippen LogP contribution in [0.1, 0.15) is 5.56 Å². The number of halogens is 1. The second kappa shape index (κ2) is 9.04. The molecule has 0 aliphatic carbocycles. The van der Waals surface area contributed by atoms with Crippen molar-refractivity contribution < 1.29 is 9.84 Å². The fourth-order valence-corrected chi connectivity index (χ4v) is 8.61. The van der Waals surface area contributed by atoms with E-state index >= 15 is 0 Å². The number of aromatic hydroxyl groups is 1. The Balaban J connectivity index is 2.02. The predicted molar refractivity (Wildman–Crippen MR) is 131 cm³/mol. The summed E-state index contributed by atoms with van der Waals surface area (Å²) in [4.78, 5) is 0. The number of rotatable bonds is 6. The van der Waals surface area contributed by atoms with Gasteiger partial charge in [-0.1, -0.05) is 54.6 Å². The van der Waals surface area contributed by atoms with Crippen molar-refractivity contribution >= 4 is 39.1 Å². The fraction of sp³-hybridized carbons (Fsp3) is 0.0769. The zero-order valence-corrected chi connectivity index (χ0v) is 19.2. The van der Waals surface area contributed by atoms with E-state index < -0.39 is 7.26 Å². The predicted octanol–water partition coefficient (Wildman–Crippen LogP) is 5.66. The van der Waals surface area contributed by atoms with E-state index in [1.165, 1.54) is 15.9 Å². The number of benzene rings is 4. The molecule has 0 unspecified atom stereocenters. The summed E-state index contributed by atoms with van der Waals surface area (Å²) in [6.07, 6.45) is 0.687. The molecule has 0 aromatic heterocycles. The molecular formula is C26H23BrO2P+. The highest BCUT2D eigenvalue weighted by Gasteiger charge is 2.46. The van der Waals surface area contributed by atoms with E-state index in [-0.39, 0.29) is 5.75 Å². The van der Waals surface area contributed by atoms with Gasteiger partial charge >= 0.3 is 0 Å². The van der Waals surface area contributed by atoms with E-state index in [1.54, 1.807) is 13.2 Å². The molecule has 4 aromatic rings. The van der Waals surface area contributed by atoms with E-state index in [9.17, 15) is 5.11 Å². The Morgan fingerprint density at radius 2 is 1.17 bits per heavy atom. The van der Waals surface area contributed by atoms with Crippen molar-refractivity contribution in [2.24, 2.45) is 0 Å². The van der Waals surface area contributed by atoms with E-state index in [1.807, 2.05) is 24.3 Å². The van der Waals surface area contributed by atoms with Gasteiger partial charge in [-0.05, 0) is 64.5 Å². The van der Waals surface area contributed by atoms with E-state index in [0.717, 1.165) is 11.3 Å². The average Bonchev–Trinajstić information content (AvgIpc) is 2.81. The molecule has 0 aliphatic rings. The van der Waals surface area contributed by atoms with Crippen molar-refractivity contribution in [3.05, 3.63) is 113 Å². The van der Waals surface area contributed by atoms with Crippen molar-refractivity contribution in [2.75, 3.05) is 7.11 Å². The lowest BCUT2D eigenvalue weighted by atomic mass is 10.2. The van der Waals surface area contributed by atoms with Gasteiger partial charge in [0.15, 0.2) is 0 Å². The summed E-state index contributed by atoms with van der Waals surface area (Å²) in [5, 5.41) is 14.8. The SMILES string of the molecule is COc1cc(Br)c(O)c(C[P+](c2ccccc2)(c2ccccc2)c2ccccc2)c1. The Hall–Kier alpha value is -2.61. The van der Waals surface area contributed by atoms with Gasteiger partial charge in [0.25, 0.3) is 0 Å². The third-order valence-corrected chi connectivity index (χ3v) is 10.3. The molecule has 1 N–H and O–H groups in total. The van der Waals surface area contributed by atoms with Gasteiger partial charge in [0, 0.05) is 5.56 Å². The molecule has 30 heavy (non-hydrogen) atoms. The number of phenolic OH excluding ortho intramolecular Hbond substituents is 1. The molecule has 0 saturated heterocycles. The van der Waals surface area contributed by atoms with Crippen LogP contribution < -0.4 is 20.7 Å². The molecule has 0 amide bonds. The van der Waals surface area contributed by atoms with Crippen LogP contribution in [-0.4, -0.2) is 12.2 Å². The summed E-state index contributed by atoms with van der Waals surface area (Å²) in [6.45, 7) is 0. The smallest absolute Gasteiger partial charge is 0.136 e. The molecule has 0 bridgehead atoms. The van der Waals surface area contributed by atoms with Gasteiger partial charge in [0.05, 0.1) is 11.6 Å². The standard InChI is InChI=1S/C26H22BrO2P/c1-29-21-17-20(26(28)25(27)18-21)19-30(22-11-5-2-6-12-22,23-13-7-3-8-14-23)24-15-9-4-10-16-24/h2-18H,19H2,1H3/p+1. The molecule has 0 fully saturated rings. The maximum atomic E-state index is 10.9. The van der Waals surface area contributed by atoms with E-state index in [0.29, 0.717) is 10.6 Å². The zero-order chi connectivity index (χ0) is 21.0. The highest BCUT2D eigenvalue weighted by molar-refractivity contribution is 9.10. The molecular weight excluding hydrogens is 455 g/mol. The van der Waals surface area contributed by atoms with Crippen LogP contribution >= 0.6 is 23.2 Å². The van der Waals surface area contributed by atoms with Gasteiger partial charge in [-0.25, -0.2) is 0 Å². The molecule has 150 valence electrons. The molecule has 4 heteroatoms. The zero-order valence-electron chi connectivity index (χ0n) is 16.7. The fourth-order valence-electron chi connectivity index (χ4n) is 3.89.